The number of likely N-dealkylation sites (N-methyl/N-ethyl adjacent to an activating group) is 1. The summed E-state index contributed by atoms with van der Waals surface area (Å²) in [7, 11) is 0. The quantitative estimate of drug-likeness (QED) is 0.608. The molecule has 1 heterocycles. The lowest BCUT2D eigenvalue weighted by atomic mass is 10.3. The number of amides is 2. The molecule has 0 fully saturated rings. The minimum atomic E-state index is -0.701. The summed E-state index contributed by atoms with van der Waals surface area (Å²) in [6.45, 7) is 9.33. The zero-order valence-corrected chi connectivity index (χ0v) is 13.7. The summed E-state index contributed by atoms with van der Waals surface area (Å²) in [4.78, 5) is 40.1. The topological polar surface area (TPSA) is 88.6 Å². The molecule has 0 saturated carbocycles. The van der Waals surface area contributed by atoms with Crippen molar-refractivity contribution in [1.29, 1.82) is 0 Å². The summed E-state index contributed by atoms with van der Waals surface area (Å²) in [6.07, 6.45) is 0. The van der Waals surface area contributed by atoms with Gasteiger partial charge in [-0.25, -0.2) is 9.78 Å². The van der Waals surface area contributed by atoms with Crippen molar-refractivity contribution in [3.8, 4) is 0 Å². The third-order valence-electron chi connectivity index (χ3n) is 2.52. The molecule has 0 spiro atoms. The maximum Gasteiger partial charge on any atom is 0.358 e. The van der Waals surface area contributed by atoms with E-state index in [4.69, 9.17) is 4.74 Å². The van der Waals surface area contributed by atoms with Crippen LogP contribution >= 0.6 is 11.3 Å². The van der Waals surface area contributed by atoms with Crippen molar-refractivity contribution in [1.82, 2.24) is 9.88 Å². The fourth-order valence-electron chi connectivity index (χ4n) is 1.57. The number of hydrogen-bond donors (Lipinski definition) is 1. The minimum absolute atomic E-state index is 0.0597. The molecule has 1 rings (SSSR count). The van der Waals surface area contributed by atoms with Crippen LogP contribution in [0.2, 0.25) is 0 Å². The molecule has 0 bridgehead atoms. The molecule has 0 unspecified atom stereocenters. The molecular formula is C14H19N3O4S. The molecule has 22 heavy (non-hydrogen) atoms. The predicted molar refractivity (Wildman–Crippen MR) is 83.8 cm³/mol. The molecule has 0 aromatic carbocycles. The van der Waals surface area contributed by atoms with E-state index in [1.165, 1.54) is 12.3 Å². The molecule has 8 heteroatoms. The Morgan fingerprint density at radius 3 is 2.64 bits per heavy atom. The Hall–Kier alpha value is -2.22. The van der Waals surface area contributed by atoms with Gasteiger partial charge in [0.15, 0.2) is 17.4 Å². The van der Waals surface area contributed by atoms with Crippen LogP contribution in [0.15, 0.2) is 17.5 Å². The van der Waals surface area contributed by atoms with Crippen molar-refractivity contribution in [2.75, 3.05) is 25.0 Å². The van der Waals surface area contributed by atoms with Crippen LogP contribution in [0.1, 0.15) is 31.3 Å². The van der Waals surface area contributed by atoms with E-state index in [-0.39, 0.29) is 24.1 Å². The molecule has 0 saturated heterocycles. The van der Waals surface area contributed by atoms with E-state index in [0.29, 0.717) is 18.2 Å². The number of aromatic nitrogens is 1. The monoisotopic (exact) mass is 325 g/mol. The smallest absolute Gasteiger partial charge is 0.358 e. The zero-order valence-electron chi connectivity index (χ0n) is 12.8. The van der Waals surface area contributed by atoms with Gasteiger partial charge in [-0.15, -0.1) is 11.3 Å². The molecule has 0 aliphatic rings. The van der Waals surface area contributed by atoms with Crippen molar-refractivity contribution in [3.63, 3.8) is 0 Å². The number of carbonyl (C=O) groups excluding carboxylic acids is 3. The average Bonchev–Trinajstić information content (AvgIpc) is 2.89. The maximum atomic E-state index is 11.9. The van der Waals surface area contributed by atoms with Crippen LogP contribution in [0.3, 0.4) is 0 Å². The van der Waals surface area contributed by atoms with E-state index >= 15 is 0 Å². The second-order valence-electron chi connectivity index (χ2n) is 4.66. The van der Waals surface area contributed by atoms with Crippen LogP contribution < -0.4 is 5.32 Å². The number of carbonyl (C=O) groups is 3. The molecule has 1 aromatic heterocycles. The summed E-state index contributed by atoms with van der Waals surface area (Å²) in [5.41, 5.74) is 0.908. The maximum absolute atomic E-state index is 11.9. The first-order chi connectivity index (χ1) is 10.3. The third-order valence-corrected chi connectivity index (χ3v) is 3.28. The predicted octanol–water partition coefficient (Wildman–Crippen LogP) is 1.68. The Morgan fingerprint density at radius 2 is 2.09 bits per heavy atom. The Kier molecular flexibility index (Phi) is 6.71. The molecule has 1 N–H and O–H groups in total. The molecule has 0 radical (unpaired) electrons. The van der Waals surface area contributed by atoms with Crippen LogP contribution in [0.4, 0.5) is 5.13 Å². The second kappa shape index (κ2) is 8.28. The number of nitrogens with zero attached hydrogens (tertiary/aromatic N) is 2. The van der Waals surface area contributed by atoms with Crippen LogP contribution in [-0.2, 0) is 14.3 Å². The SMILES string of the molecule is C=C(C)CN(CC)C(=O)COC(=O)c1csc(NC(C)=O)n1. The van der Waals surface area contributed by atoms with E-state index in [9.17, 15) is 14.4 Å². The van der Waals surface area contributed by atoms with Crippen LogP contribution in [0.25, 0.3) is 0 Å². The van der Waals surface area contributed by atoms with Gasteiger partial charge in [-0.05, 0) is 13.8 Å². The number of hydrogen-bond acceptors (Lipinski definition) is 6. The summed E-state index contributed by atoms with van der Waals surface area (Å²) < 4.78 is 4.94. The van der Waals surface area contributed by atoms with E-state index in [1.54, 1.807) is 4.90 Å². The van der Waals surface area contributed by atoms with Crippen molar-refractivity contribution < 1.29 is 19.1 Å². The van der Waals surface area contributed by atoms with Gasteiger partial charge < -0.3 is 15.0 Å². The minimum Gasteiger partial charge on any atom is -0.451 e. The van der Waals surface area contributed by atoms with Gasteiger partial charge in [-0.2, -0.15) is 0 Å². The first kappa shape index (κ1) is 17.8. The molecule has 120 valence electrons. The first-order valence-corrected chi connectivity index (χ1v) is 7.53. The van der Waals surface area contributed by atoms with Crippen molar-refractivity contribution in [2.45, 2.75) is 20.8 Å². The first-order valence-electron chi connectivity index (χ1n) is 6.65. The number of thiazole rings is 1. The highest BCUT2D eigenvalue weighted by Gasteiger charge is 2.17. The third kappa shape index (κ3) is 5.65. The van der Waals surface area contributed by atoms with Crippen LogP contribution in [-0.4, -0.2) is 47.4 Å². The number of esters is 1. The highest BCUT2D eigenvalue weighted by Crippen LogP contribution is 2.16. The lowest BCUT2D eigenvalue weighted by Gasteiger charge is -2.20. The number of rotatable bonds is 7. The van der Waals surface area contributed by atoms with Crippen LogP contribution in [0.5, 0.6) is 0 Å². The van der Waals surface area contributed by atoms with E-state index in [2.05, 4.69) is 16.9 Å². The van der Waals surface area contributed by atoms with E-state index in [1.807, 2.05) is 13.8 Å². The number of anilines is 1. The standard InChI is InChI=1S/C14H19N3O4S/c1-5-17(6-9(2)3)12(19)7-21-13(20)11-8-22-14(16-11)15-10(4)18/h8H,2,5-7H2,1,3-4H3,(H,15,16,18). The lowest BCUT2D eigenvalue weighted by molar-refractivity contribution is -0.133. The van der Waals surface area contributed by atoms with Gasteiger partial charge in [-0.1, -0.05) is 12.2 Å². The molecule has 0 aliphatic heterocycles. The summed E-state index contributed by atoms with van der Waals surface area (Å²) in [6, 6.07) is 0. The van der Waals surface area contributed by atoms with Gasteiger partial charge >= 0.3 is 5.97 Å². The lowest BCUT2D eigenvalue weighted by Crippen LogP contribution is -2.35. The zero-order chi connectivity index (χ0) is 16.7. The van der Waals surface area contributed by atoms with Gasteiger partial charge in [0.05, 0.1) is 0 Å². The fourth-order valence-corrected chi connectivity index (χ4v) is 2.30. The Labute approximate surface area is 133 Å². The van der Waals surface area contributed by atoms with Crippen molar-refractivity contribution in [2.24, 2.45) is 0 Å². The van der Waals surface area contributed by atoms with E-state index in [0.717, 1.165) is 16.9 Å². The Morgan fingerprint density at radius 1 is 1.41 bits per heavy atom. The average molecular weight is 325 g/mol. The molecule has 7 nitrogen and oxygen atoms in total. The Balaban J connectivity index is 2.54. The molecule has 0 aliphatic carbocycles. The van der Waals surface area contributed by atoms with Crippen LogP contribution in [0, 0.1) is 0 Å². The molecular weight excluding hydrogens is 306 g/mol. The van der Waals surface area contributed by atoms with Crippen molar-refractivity contribution >= 4 is 34.3 Å². The summed E-state index contributed by atoms with van der Waals surface area (Å²) >= 11 is 1.11. The highest BCUT2D eigenvalue weighted by atomic mass is 32.1. The van der Waals surface area contributed by atoms with Gasteiger partial charge in [-0.3, -0.25) is 9.59 Å². The highest BCUT2D eigenvalue weighted by molar-refractivity contribution is 7.14. The largest absolute Gasteiger partial charge is 0.451 e. The van der Waals surface area contributed by atoms with Crippen molar-refractivity contribution in [3.05, 3.63) is 23.2 Å². The molecule has 2 amide bonds. The summed E-state index contributed by atoms with van der Waals surface area (Å²) in [5, 5.41) is 4.24. The van der Waals surface area contributed by atoms with Gasteiger partial charge in [0.2, 0.25) is 5.91 Å². The number of ether oxygens (including phenoxy) is 1. The fraction of sp³-hybridized carbons (Fsp3) is 0.429. The normalized spacial score (nSPS) is 9.95. The molecule has 0 atom stereocenters. The van der Waals surface area contributed by atoms with Gasteiger partial charge in [0.25, 0.3) is 5.91 Å². The van der Waals surface area contributed by atoms with Gasteiger partial charge in [0, 0.05) is 25.4 Å². The Bertz CT molecular complexity index is 582. The second-order valence-corrected chi connectivity index (χ2v) is 5.52. The van der Waals surface area contributed by atoms with E-state index < -0.39 is 5.97 Å². The number of nitrogens with one attached hydrogen (secondary N) is 1. The summed E-state index contributed by atoms with van der Waals surface area (Å²) in [5.74, 6) is -1.27. The molecule has 1 aromatic rings. The van der Waals surface area contributed by atoms with Gasteiger partial charge in [0.1, 0.15) is 0 Å².